The molecule has 0 radical (unpaired) electrons. The molecular weight excluding hydrogens is 196 g/mol. The summed E-state index contributed by atoms with van der Waals surface area (Å²) in [5.41, 5.74) is 2.25. The zero-order valence-electron chi connectivity index (χ0n) is 7.58. The van der Waals surface area contributed by atoms with Gasteiger partial charge in [0.2, 0.25) is 0 Å². The smallest absolute Gasteiger partial charge is 0.141 e. The summed E-state index contributed by atoms with van der Waals surface area (Å²) in [6, 6.07) is 9.26. The minimum Gasteiger partial charge on any atom is -0.237 e. The van der Waals surface area contributed by atoms with Gasteiger partial charge in [-0.25, -0.2) is 4.98 Å². The number of rotatable bonds is 0. The van der Waals surface area contributed by atoms with E-state index >= 15 is 0 Å². The lowest BCUT2D eigenvalue weighted by molar-refractivity contribution is 1.30. The molecule has 1 aromatic heterocycles. The van der Waals surface area contributed by atoms with E-state index in [2.05, 4.69) is 4.98 Å². The van der Waals surface area contributed by atoms with Crippen molar-refractivity contribution in [3.63, 3.8) is 0 Å². The number of nitriles is 1. The van der Waals surface area contributed by atoms with Gasteiger partial charge in [0.05, 0.1) is 5.52 Å². The maximum absolute atomic E-state index is 8.71. The van der Waals surface area contributed by atoms with Crippen molar-refractivity contribution >= 4 is 22.5 Å². The number of nitrogens with zero attached hydrogens (tertiary/aromatic N) is 2. The Balaban J connectivity index is 2.89. The fourth-order valence-electron chi connectivity index (χ4n) is 1.38. The SMILES string of the molecule is Cc1ccc(Cl)c2ccc(C#N)nc12. The second kappa shape index (κ2) is 3.28. The van der Waals surface area contributed by atoms with Crippen LogP contribution in [0.2, 0.25) is 5.02 Å². The highest BCUT2D eigenvalue weighted by Crippen LogP contribution is 2.24. The molecule has 3 heteroatoms. The van der Waals surface area contributed by atoms with Crippen LogP contribution in [0.1, 0.15) is 11.3 Å². The Kier molecular flexibility index (Phi) is 2.11. The summed E-state index contributed by atoms with van der Waals surface area (Å²) in [7, 11) is 0. The van der Waals surface area contributed by atoms with Gasteiger partial charge in [-0.3, -0.25) is 0 Å². The van der Waals surface area contributed by atoms with Gasteiger partial charge in [0.15, 0.2) is 0 Å². The van der Waals surface area contributed by atoms with Crippen LogP contribution in [0.3, 0.4) is 0 Å². The Morgan fingerprint density at radius 1 is 1.29 bits per heavy atom. The Morgan fingerprint density at radius 3 is 2.79 bits per heavy atom. The standard InChI is InChI=1S/C11H7ClN2/c1-7-2-5-10(12)9-4-3-8(6-13)14-11(7)9/h2-5H,1H3. The van der Waals surface area contributed by atoms with E-state index in [1.165, 1.54) is 0 Å². The number of aryl methyl sites for hydroxylation is 1. The van der Waals surface area contributed by atoms with Crippen LogP contribution in [0.4, 0.5) is 0 Å². The molecule has 1 heterocycles. The molecule has 2 rings (SSSR count). The quantitative estimate of drug-likeness (QED) is 0.658. The molecule has 0 unspecified atom stereocenters. The molecule has 0 aliphatic rings. The van der Waals surface area contributed by atoms with E-state index in [4.69, 9.17) is 16.9 Å². The highest BCUT2D eigenvalue weighted by Gasteiger charge is 2.03. The second-order valence-corrected chi connectivity index (χ2v) is 3.48. The average Bonchev–Trinajstić information content (AvgIpc) is 2.23. The van der Waals surface area contributed by atoms with Gasteiger partial charge < -0.3 is 0 Å². The van der Waals surface area contributed by atoms with E-state index < -0.39 is 0 Å². The summed E-state index contributed by atoms with van der Waals surface area (Å²) in [6.07, 6.45) is 0. The molecule has 0 bridgehead atoms. The Labute approximate surface area is 86.8 Å². The van der Waals surface area contributed by atoms with Crippen molar-refractivity contribution in [3.05, 3.63) is 40.5 Å². The Hall–Kier alpha value is -1.59. The summed E-state index contributed by atoms with van der Waals surface area (Å²) < 4.78 is 0. The average molecular weight is 203 g/mol. The van der Waals surface area contributed by atoms with Crippen molar-refractivity contribution in [1.82, 2.24) is 4.98 Å². The topological polar surface area (TPSA) is 36.7 Å². The molecule has 0 aliphatic carbocycles. The summed E-state index contributed by atoms with van der Waals surface area (Å²) in [4.78, 5) is 4.21. The first-order valence-electron chi connectivity index (χ1n) is 4.18. The molecule has 0 fully saturated rings. The van der Waals surface area contributed by atoms with E-state index in [1.807, 2.05) is 31.2 Å². The summed E-state index contributed by atoms with van der Waals surface area (Å²) >= 11 is 6.00. The molecule has 2 aromatic rings. The fraction of sp³-hybridized carbons (Fsp3) is 0.0909. The van der Waals surface area contributed by atoms with Gasteiger partial charge in [0.25, 0.3) is 0 Å². The van der Waals surface area contributed by atoms with Crippen LogP contribution in [0, 0.1) is 18.3 Å². The number of hydrogen-bond acceptors (Lipinski definition) is 2. The highest BCUT2D eigenvalue weighted by atomic mass is 35.5. The lowest BCUT2D eigenvalue weighted by atomic mass is 10.1. The monoisotopic (exact) mass is 202 g/mol. The van der Waals surface area contributed by atoms with Gasteiger partial charge in [0, 0.05) is 10.4 Å². The number of pyridine rings is 1. The zero-order valence-corrected chi connectivity index (χ0v) is 8.34. The first kappa shape index (κ1) is 8.98. The van der Waals surface area contributed by atoms with Crippen LogP contribution < -0.4 is 0 Å². The molecule has 14 heavy (non-hydrogen) atoms. The molecule has 1 aromatic carbocycles. The molecular formula is C11H7ClN2. The van der Waals surface area contributed by atoms with E-state index in [9.17, 15) is 0 Å². The maximum Gasteiger partial charge on any atom is 0.141 e. The number of fused-ring (bicyclic) bond motifs is 1. The van der Waals surface area contributed by atoms with Gasteiger partial charge >= 0.3 is 0 Å². The zero-order chi connectivity index (χ0) is 10.1. The molecule has 0 atom stereocenters. The maximum atomic E-state index is 8.71. The van der Waals surface area contributed by atoms with Crippen molar-refractivity contribution < 1.29 is 0 Å². The first-order valence-corrected chi connectivity index (χ1v) is 4.56. The molecule has 2 nitrogen and oxygen atoms in total. The fourth-order valence-corrected chi connectivity index (χ4v) is 1.60. The van der Waals surface area contributed by atoms with E-state index in [0.717, 1.165) is 16.5 Å². The Morgan fingerprint density at radius 2 is 2.07 bits per heavy atom. The summed E-state index contributed by atoms with van der Waals surface area (Å²) in [5.74, 6) is 0. The second-order valence-electron chi connectivity index (χ2n) is 3.07. The van der Waals surface area contributed by atoms with Crippen LogP contribution in [-0.2, 0) is 0 Å². The summed E-state index contributed by atoms with van der Waals surface area (Å²) in [5, 5.41) is 10.3. The van der Waals surface area contributed by atoms with E-state index in [1.54, 1.807) is 6.07 Å². The predicted octanol–water partition coefficient (Wildman–Crippen LogP) is 3.07. The molecule has 68 valence electrons. The summed E-state index contributed by atoms with van der Waals surface area (Å²) in [6.45, 7) is 1.95. The van der Waals surface area contributed by atoms with Crippen molar-refractivity contribution in [3.8, 4) is 6.07 Å². The number of hydrogen-bond donors (Lipinski definition) is 0. The van der Waals surface area contributed by atoms with Crippen LogP contribution >= 0.6 is 11.6 Å². The molecule has 0 amide bonds. The van der Waals surface area contributed by atoms with Crippen molar-refractivity contribution in [2.75, 3.05) is 0 Å². The third-order valence-corrected chi connectivity index (χ3v) is 2.45. The van der Waals surface area contributed by atoms with Gasteiger partial charge in [-0.1, -0.05) is 17.7 Å². The van der Waals surface area contributed by atoms with Crippen LogP contribution in [0.25, 0.3) is 10.9 Å². The predicted molar refractivity (Wildman–Crippen MR) is 56.2 cm³/mol. The number of benzene rings is 1. The van der Waals surface area contributed by atoms with E-state index in [0.29, 0.717) is 10.7 Å². The molecule has 0 aliphatic heterocycles. The van der Waals surface area contributed by atoms with Gasteiger partial charge in [0.1, 0.15) is 11.8 Å². The number of aromatic nitrogens is 1. The van der Waals surface area contributed by atoms with Gasteiger partial charge in [-0.05, 0) is 30.7 Å². The molecule has 0 N–H and O–H groups in total. The van der Waals surface area contributed by atoms with Crippen molar-refractivity contribution in [1.29, 1.82) is 5.26 Å². The third-order valence-electron chi connectivity index (χ3n) is 2.12. The Bertz CT molecular complexity index is 541. The lowest BCUT2D eigenvalue weighted by Gasteiger charge is -2.02. The molecule has 0 spiro atoms. The normalized spacial score (nSPS) is 10.1. The third kappa shape index (κ3) is 1.32. The highest BCUT2D eigenvalue weighted by molar-refractivity contribution is 6.35. The van der Waals surface area contributed by atoms with E-state index in [-0.39, 0.29) is 0 Å². The molecule has 0 saturated heterocycles. The van der Waals surface area contributed by atoms with Gasteiger partial charge in [-0.15, -0.1) is 0 Å². The van der Waals surface area contributed by atoms with Crippen LogP contribution in [0.15, 0.2) is 24.3 Å². The van der Waals surface area contributed by atoms with Crippen molar-refractivity contribution in [2.24, 2.45) is 0 Å². The first-order chi connectivity index (χ1) is 6.72. The molecule has 0 saturated carbocycles. The van der Waals surface area contributed by atoms with Crippen LogP contribution in [0.5, 0.6) is 0 Å². The number of halogens is 1. The largest absolute Gasteiger partial charge is 0.237 e. The minimum atomic E-state index is 0.419. The lowest BCUT2D eigenvalue weighted by Crippen LogP contribution is -1.87. The van der Waals surface area contributed by atoms with Gasteiger partial charge in [-0.2, -0.15) is 5.26 Å². The minimum absolute atomic E-state index is 0.419. The van der Waals surface area contributed by atoms with Crippen molar-refractivity contribution in [2.45, 2.75) is 6.92 Å². The van der Waals surface area contributed by atoms with Crippen LogP contribution in [-0.4, -0.2) is 4.98 Å².